The van der Waals surface area contributed by atoms with Gasteiger partial charge in [-0.2, -0.15) is 0 Å². The minimum Gasteiger partial charge on any atom is -0.423 e. The lowest BCUT2D eigenvalue weighted by Gasteiger charge is -2.02. The highest BCUT2D eigenvalue weighted by Gasteiger charge is 2.20. The molecule has 0 aromatic carbocycles. The Hall–Kier alpha value is -1.64. The van der Waals surface area contributed by atoms with Crippen molar-refractivity contribution in [3.63, 3.8) is 0 Å². The lowest BCUT2D eigenvalue weighted by atomic mass is 10.4. The molecule has 0 aliphatic heterocycles. The summed E-state index contributed by atoms with van der Waals surface area (Å²) in [5, 5.41) is 18.1. The van der Waals surface area contributed by atoms with Gasteiger partial charge >= 0.3 is 11.2 Å². The van der Waals surface area contributed by atoms with E-state index in [0.717, 1.165) is 0 Å². The first-order valence-electron chi connectivity index (χ1n) is 3.26. The van der Waals surface area contributed by atoms with Gasteiger partial charge in [-0.1, -0.05) is 0 Å². The molecule has 0 radical (unpaired) electrons. The highest BCUT2D eigenvalue weighted by Crippen LogP contribution is 2.07. The number of hydrogen-bond acceptors (Lipinski definition) is 5. The van der Waals surface area contributed by atoms with Crippen LogP contribution in [0.4, 0.5) is 0 Å². The third kappa shape index (κ3) is 1.31. The average Bonchev–Trinajstić information content (AvgIpc) is 2.11. The van der Waals surface area contributed by atoms with Crippen molar-refractivity contribution >= 4 is 15.9 Å². The predicted octanol–water partition coefficient (Wildman–Crippen LogP) is -0.642. The first kappa shape index (κ1) is 10.4. The molecular formula is C5H4BrN3O5. The summed E-state index contributed by atoms with van der Waals surface area (Å²) >= 11 is 2.74. The topological polar surface area (TPSA) is 107 Å². The average molecular weight is 266 g/mol. The highest BCUT2D eigenvalue weighted by molar-refractivity contribution is 9.10. The van der Waals surface area contributed by atoms with Gasteiger partial charge in [0.15, 0.2) is 5.03 Å². The maximum Gasteiger partial charge on any atom is 0.425 e. The molecule has 1 heterocycles. The predicted molar refractivity (Wildman–Crippen MR) is 47.0 cm³/mol. The van der Waals surface area contributed by atoms with Crippen LogP contribution in [0.15, 0.2) is 14.2 Å². The molecule has 0 amide bonds. The number of nitro groups is 1. The van der Waals surface area contributed by atoms with Crippen molar-refractivity contribution in [3.05, 3.63) is 41.1 Å². The van der Waals surface area contributed by atoms with Crippen molar-refractivity contribution in [3.8, 4) is 0 Å². The summed E-state index contributed by atoms with van der Waals surface area (Å²) < 4.78 is -0.495. The van der Waals surface area contributed by atoms with Crippen LogP contribution in [-0.2, 0) is 0 Å². The molecule has 0 aliphatic carbocycles. The first-order chi connectivity index (χ1) is 6.37. The van der Waals surface area contributed by atoms with Crippen molar-refractivity contribution in [1.29, 1.82) is 0 Å². The Morgan fingerprint density at radius 1 is 1.50 bits per heavy atom. The zero-order chi connectivity index (χ0) is 11.0. The molecule has 0 saturated carbocycles. The Labute approximate surface area is 84.2 Å². The van der Waals surface area contributed by atoms with E-state index in [4.69, 9.17) is 5.21 Å². The van der Waals surface area contributed by atoms with Crippen LogP contribution in [0.3, 0.4) is 0 Å². The number of halogens is 1. The van der Waals surface area contributed by atoms with Gasteiger partial charge in [-0.05, 0) is 22.9 Å². The summed E-state index contributed by atoms with van der Waals surface area (Å²) in [4.78, 5) is 32.5. The Morgan fingerprint density at radius 3 is 2.43 bits per heavy atom. The van der Waals surface area contributed by atoms with Crippen LogP contribution < -0.4 is 11.2 Å². The zero-order valence-electron chi connectivity index (χ0n) is 6.80. The van der Waals surface area contributed by atoms with Crippen LogP contribution in [-0.4, -0.2) is 19.6 Å². The van der Waals surface area contributed by atoms with E-state index in [1.807, 2.05) is 0 Å². The largest absolute Gasteiger partial charge is 0.425 e. The second-order valence-electron chi connectivity index (χ2n) is 2.36. The Bertz CT molecular complexity index is 478. The number of aromatic nitrogens is 2. The normalized spacial score (nSPS) is 10.1. The molecule has 9 heteroatoms. The molecule has 0 fully saturated rings. The van der Waals surface area contributed by atoms with E-state index in [9.17, 15) is 19.7 Å². The molecule has 14 heavy (non-hydrogen) atoms. The lowest BCUT2D eigenvalue weighted by Crippen LogP contribution is -2.44. The molecule has 76 valence electrons. The SMILES string of the molecule is Cc1c(Br)n(O)c(=O)n([N+](=O)[O-])c1=O. The van der Waals surface area contributed by atoms with Crippen molar-refractivity contribution in [2.75, 3.05) is 0 Å². The molecule has 1 rings (SSSR count). The van der Waals surface area contributed by atoms with Gasteiger partial charge in [-0.3, -0.25) is 4.79 Å². The van der Waals surface area contributed by atoms with Gasteiger partial charge in [-0.25, -0.2) is 14.9 Å². The van der Waals surface area contributed by atoms with E-state index in [0.29, 0.717) is 0 Å². The van der Waals surface area contributed by atoms with Crippen molar-refractivity contribution in [2.24, 2.45) is 0 Å². The summed E-state index contributed by atoms with van der Waals surface area (Å²) in [6.45, 7) is 1.23. The number of nitrogens with zero attached hydrogens (tertiary/aromatic N) is 3. The maximum atomic E-state index is 11.2. The molecule has 0 unspecified atom stereocenters. The molecule has 0 bridgehead atoms. The minimum atomic E-state index is -1.43. The highest BCUT2D eigenvalue weighted by atomic mass is 79.9. The quantitative estimate of drug-likeness (QED) is 0.315. The molecule has 1 N–H and O–H groups in total. The van der Waals surface area contributed by atoms with Gasteiger partial charge in [0.1, 0.15) is 4.60 Å². The van der Waals surface area contributed by atoms with Gasteiger partial charge < -0.3 is 5.21 Å². The summed E-state index contributed by atoms with van der Waals surface area (Å²) in [7, 11) is 0. The summed E-state index contributed by atoms with van der Waals surface area (Å²) in [5.41, 5.74) is -2.65. The van der Waals surface area contributed by atoms with Crippen LogP contribution in [0.1, 0.15) is 5.56 Å². The third-order valence-corrected chi connectivity index (χ3v) is 2.46. The van der Waals surface area contributed by atoms with Crippen LogP contribution in [0.25, 0.3) is 0 Å². The molecule has 0 aliphatic rings. The van der Waals surface area contributed by atoms with Crippen molar-refractivity contribution < 1.29 is 10.2 Å². The lowest BCUT2D eigenvalue weighted by molar-refractivity contribution is -0.549. The second kappa shape index (κ2) is 3.25. The van der Waals surface area contributed by atoms with Gasteiger partial charge in [0.05, 0.1) is 5.56 Å². The van der Waals surface area contributed by atoms with Gasteiger partial charge in [0, 0.05) is 4.68 Å². The zero-order valence-corrected chi connectivity index (χ0v) is 8.39. The molecule has 8 nitrogen and oxygen atoms in total. The standard InChI is InChI=1S/C5H4BrN3O5/c1-2-3(6)8(12)5(11)7(4(2)10)9(13)14/h12H,1H3. The Balaban J connectivity index is 3.88. The second-order valence-corrected chi connectivity index (χ2v) is 3.12. The maximum absolute atomic E-state index is 11.2. The van der Waals surface area contributed by atoms with Gasteiger partial charge in [0.2, 0.25) is 0 Å². The van der Waals surface area contributed by atoms with Crippen LogP contribution >= 0.6 is 15.9 Å². The van der Waals surface area contributed by atoms with E-state index in [2.05, 4.69) is 15.9 Å². The molecule has 1 aromatic rings. The molecule has 0 spiro atoms. The van der Waals surface area contributed by atoms with E-state index in [1.165, 1.54) is 6.92 Å². The summed E-state index contributed by atoms with van der Waals surface area (Å²) in [5.74, 6) is 0. The fraction of sp³-hybridized carbons (Fsp3) is 0.200. The number of hydrogen-bond donors (Lipinski definition) is 1. The van der Waals surface area contributed by atoms with E-state index in [-0.39, 0.29) is 19.6 Å². The summed E-state index contributed by atoms with van der Waals surface area (Å²) in [6.07, 6.45) is 0. The fourth-order valence-corrected chi connectivity index (χ4v) is 1.13. The van der Waals surface area contributed by atoms with Crippen molar-refractivity contribution in [2.45, 2.75) is 6.92 Å². The van der Waals surface area contributed by atoms with Gasteiger partial charge in [0.25, 0.3) is 0 Å². The monoisotopic (exact) mass is 265 g/mol. The van der Waals surface area contributed by atoms with E-state index >= 15 is 0 Å². The van der Waals surface area contributed by atoms with Crippen LogP contribution in [0.5, 0.6) is 0 Å². The van der Waals surface area contributed by atoms with Crippen molar-refractivity contribution in [1.82, 2.24) is 9.41 Å². The Kier molecular flexibility index (Phi) is 2.43. The molecule has 1 aromatic heterocycles. The third-order valence-electron chi connectivity index (χ3n) is 1.53. The fourth-order valence-electron chi connectivity index (χ4n) is 0.811. The number of rotatable bonds is 1. The van der Waals surface area contributed by atoms with E-state index < -0.39 is 16.3 Å². The molecule has 0 saturated heterocycles. The van der Waals surface area contributed by atoms with Gasteiger partial charge in [-0.15, -0.1) is 4.73 Å². The van der Waals surface area contributed by atoms with E-state index in [1.54, 1.807) is 0 Å². The smallest absolute Gasteiger partial charge is 0.423 e. The van der Waals surface area contributed by atoms with Crippen LogP contribution in [0.2, 0.25) is 0 Å². The minimum absolute atomic E-state index is 0.0144. The molecule has 0 atom stereocenters. The van der Waals surface area contributed by atoms with Crippen LogP contribution in [0, 0.1) is 17.0 Å². The molecular weight excluding hydrogens is 262 g/mol. The first-order valence-corrected chi connectivity index (χ1v) is 4.05. The summed E-state index contributed by atoms with van der Waals surface area (Å²) in [6, 6.07) is 0. The Morgan fingerprint density at radius 2 is 2.00 bits per heavy atom.